The number of aliphatic hydroxyl groups excluding tert-OH is 1. The molecule has 1 aliphatic heterocycles. The van der Waals surface area contributed by atoms with Crippen LogP contribution in [-0.2, 0) is 10.0 Å². The lowest BCUT2D eigenvalue weighted by molar-refractivity contribution is -0.384. The first-order chi connectivity index (χ1) is 9.73. The predicted octanol–water partition coefficient (Wildman–Crippen LogP) is 1.64. The molecule has 1 saturated heterocycles. The molecule has 116 valence electrons. The molecule has 1 aromatic rings. The van der Waals surface area contributed by atoms with Crippen molar-refractivity contribution in [2.75, 3.05) is 13.1 Å². The van der Waals surface area contributed by atoms with Crippen LogP contribution < -0.4 is 0 Å². The Morgan fingerprint density at radius 2 is 2.14 bits per heavy atom. The third kappa shape index (κ3) is 3.18. The van der Waals surface area contributed by atoms with E-state index in [2.05, 4.69) is 0 Å². The van der Waals surface area contributed by atoms with E-state index in [9.17, 15) is 23.6 Å². The summed E-state index contributed by atoms with van der Waals surface area (Å²) in [4.78, 5) is 9.86. The molecule has 1 fully saturated rings. The van der Waals surface area contributed by atoms with Gasteiger partial charge >= 0.3 is 0 Å². The number of hydrogen-bond donors (Lipinski definition) is 1. The minimum atomic E-state index is -3.82. The average molecular weight is 335 g/mol. The first-order valence-corrected chi connectivity index (χ1v) is 8.17. The highest BCUT2D eigenvalue weighted by atomic mass is 35.5. The van der Waals surface area contributed by atoms with Gasteiger partial charge in [0.1, 0.15) is 4.90 Å². The number of sulfonamides is 1. The number of nitro groups is 1. The van der Waals surface area contributed by atoms with E-state index < -0.39 is 21.1 Å². The molecule has 0 spiro atoms. The van der Waals surface area contributed by atoms with Gasteiger partial charge in [0.05, 0.1) is 16.0 Å². The second-order valence-corrected chi connectivity index (χ2v) is 7.38. The van der Waals surface area contributed by atoms with Crippen molar-refractivity contribution in [2.24, 2.45) is 5.92 Å². The SMILES string of the molecule is CC1CN(S(=O)(=O)c2ccc([N+](=O)[O-])cc2Cl)CCC1O. The maximum atomic E-state index is 12.5. The van der Waals surface area contributed by atoms with Crippen molar-refractivity contribution in [1.82, 2.24) is 4.31 Å². The quantitative estimate of drug-likeness (QED) is 0.669. The molecule has 2 atom stereocenters. The van der Waals surface area contributed by atoms with Crippen LogP contribution in [0.25, 0.3) is 0 Å². The maximum absolute atomic E-state index is 12.5. The van der Waals surface area contributed by atoms with E-state index in [0.717, 1.165) is 18.2 Å². The molecule has 0 aliphatic carbocycles. The molecule has 0 aromatic heterocycles. The summed E-state index contributed by atoms with van der Waals surface area (Å²) in [6.45, 7) is 2.15. The second-order valence-electron chi connectivity index (χ2n) is 5.07. The first-order valence-electron chi connectivity index (χ1n) is 6.35. The van der Waals surface area contributed by atoms with E-state index in [4.69, 9.17) is 11.6 Å². The van der Waals surface area contributed by atoms with Crippen LogP contribution in [0.3, 0.4) is 0 Å². The topological polar surface area (TPSA) is 101 Å². The number of halogens is 1. The fourth-order valence-corrected chi connectivity index (χ4v) is 4.33. The van der Waals surface area contributed by atoms with Crippen LogP contribution in [-0.4, -0.2) is 41.9 Å². The Balaban J connectivity index is 2.34. The standard InChI is InChI=1S/C12H15ClN2O5S/c1-8-7-14(5-4-11(8)16)21(19,20)12-3-2-9(15(17)18)6-10(12)13/h2-3,6,8,11,16H,4-5,7H2,1H3. The van der Waals surface area contributed by atoms with Crippen LogP contribution in [0.15, 0.2) is 23.1 Å². The smallest absolute Gasteiger partial charge is 0.271 e. The average Bonchev–Trinajstić information content (AvgIpc) is 2.41. The van der Waals surface area contributed by atoms with E-state index in [-0.39, 0.29) is 34.6 Å². The molecule has 1 aliphatic rings. The van der Waals surface area contributed by atoms with Crippen LogP contribution in [0, 0.1) is 16.0 Å². The molecule has 2 unspecified atom stereocenters. The van der Waals surface area contributed by atoms with E-state index in [1.54, 1.807) is 6.92 Å². The third-order valence-electron chi connectivity index (χ3n) is 3.57. The van der Waals surface area contributed by atoms with Gasteiger partial charge in [0.25, 0.3) is 5.69 Å². The number of aliphatic hydroxyl groups is 1. The number of hydrogen-bond acceptors (Lipinski definition) is 5. The van der Waals surface area contributed by atoms with Gasteiger partial charge in [0, 0.05) is 25.2 Å². The van der Waals surface area contributed by atoms with Crippen molar-refractivity contribution in [3.63, 3.8) is 0 Å². The number of non-ortho nitro benzene ring substituents is 1. The Labute approximate surface area is 127 Å². The molecule has 1 aromatic carbocycles. The van der Waals surface area contributed by atoms with Crippen molar-refractivity contribution in [3.05, 3.63) is 33.3 Å². The van der Waals surface area contributed by atoms with Crippen molar-refractivity contribution in [2.45, 2.75) is 24.3 Å². The minimum Gasteiger partial charge on any atom is -0.393 e. The van der Waals surface area contributed by atoms with Gasteiger partial charge in [-0.2, -0.15) is 4.31 Å². The van der Waals surface area contributed by atoms with E-state index >= 15 is 0 Å². The van der Waals surface area contributed by atoms with Gasteiger partial charge in [-0.25, -0.2) is 8.42 Å². The Kier molecular flexibility index (Phi) is 4.52. The summed E-state index contributed by atoms with van der Waals surface area (Å²) in [5.74, 6) is -0.176. The molecule has 0 saturated carbocycles. The van der Waals surface area contributed by atoms with Gasteiger partial charge in [0.2, 0.25) is 10.0 Å². The molecular formula is C12H15ClN2O5S. The van der Waals surface area contributed by atoms with Gasteiger partial charge in [-0.3, -0.25) is 10.1 Å². The Hall–Kier alpha value is -1.22. The van der Waals surface area contributed by atoms with Gasteiger partial charge in [-0.05, 0) is 18.4 Å². The molecule has 9 heteroatoms. The first kappa shape index (κ1) is 16.2. The van der Waals surface area contributed by atoms with Gasteiger partial charge in [0.15, 0.2) is 0 Å². The highest BCUT2D eigenvalue weighted by Gasteiger charge is 2.34. The fraction of sp³-hybridized carbons (Fsp3) is 0.500. The zero-order valence-corrected chi connectivity index (χ0v) is 12.8. The molecule has 0 radical (unpaired) electrons. The Bertz CT molecular complexity index is 664. The molecule has 2 rings (SSSR count). The Morgan fingerprint density at radius 3 is 2.67 bits per heavy atom. The maximum Gasteiger partial charge on any atom is 0.271 e. The van der Waals surface area contributed by atoms with E-state index in [1.165, 1.54) is 4.31 Å². The van der Waals surface area contributed by atoms with Gasteiger partial charge in [-0.1, -0.05) is 18.5 Å². The summed E-state index contributed by atoms with van der Waals surface area (Å²) in [6, 6.07) is 3.28. The highest BCUT2D eigenvalue weighted by molar-refractivity contribution is 7.89. The van der Waals surface area contributed by atoms with Crippen LogP contribution in [0.1, 0.15) is 13.3 Å². The van der Waals surface area contributed by atoms with Crippen molar-refractivity contribution in [3.8, 4) is 0 Å². The lowest BCUT2D eigenvalue weighted by Crippen LogP contribution is -2.44. The fourth-order valence-electron chi connectivity index (χ4n) is 2.26. The van der Waals surface area contributed by atoms with E-state index in [0.29, 0.717) is 6.42 Å². The lowest BCUT2D eigenvalue weighted by atomic mass is 9.99. The Morgan fingerprint density at radius 1 is 1.48 bits per heavy atom. The van der Waals surface area contributed by atoms with E-state index in [1.807, 2.05) is 0 Å². The zero-order valence-electron chi connectivity index (χ0n) is 11.3. The van der Waals surface area contributed by atoms with Gasteiger partial charge in [-0.15, -0.1) is 0 Å². The molecule has 0 bridgehead atoms. The van der Waals surface area contributed by atoms with Crippen LogP contribution in [0.4, 0.5) is 5.69 Å². The highest BCUT2D eigenvalue weighted by Crippen LogP contribution is 2.30. The van der Waals surface area contributed by atoms with Crippen LogP contribution in [0.2, 0.25) is 5.02 Å². The largest absolute Gasteiger partial charge is 0.393 e. The van der Waals surface area contributed by atoms with Crippen molar-refractivity contribution >= 4 is 27.3 Å². The van der Waals surface area contributed by atoms with Crippen molar-refractivity contribution in [1.29, 1.82) is 0 Å². The summed E-state index contributed by atoms with van der Waals surface area (Å²) in [5, 5.41) is 20.1. The minimum absolute atomic E-state index is 0.154. The lowest BCUT2D eigenvalue weighted by Gasteiger charge is -2.33. The molecule has 7 nitrogen and oxygen atoms in total. The third-order valence-corrected chi connectivity index (χ3v) is 5.91. The van der Waals surface area contributed by atoms with Gasteiger partial charge < -0.3 is 5.11 Å². The van der Waals surface area contributed by atoms with Crippen molar-refractivity contribution < 1.29 is 18.4 Å². The second kappa shape index (κ2) is 5.88. The molecule has 0 amide bonds. The monoisotopic (exact) mass is 334 g/mol. The number of nitro benzene ring substituents is 1. The summed E-state index contributed by atoms with van der Waals surface area (Å²) in [6.07, 6.45) is -0.172. The summed E-state index contributed by atoms with van der Waals surface area (Å²) < 4.78 is 26.3. The number of benzene rings is 1. The normalized spacial score (nSPS) is 24.0. The zero-order chi connectivity index (χ0) is 15.8. The van der Waals surface area contributed by atoms with Crippen LogP contribution >= 0.6 is 11.6 Å². The number of nitrogens with zero attached hydrogens (tertiary/aromatic N) is 2. The number of piperidine rings is 1. The summed E-state index contributed by atoms with van der Waals surface area (Å²) >= 11 is 5.88. The molecule has 21 heavy (non-hydrogen) atoms. The van der Waals surface area contributed by atoms with Crippen LogP contribution in [0.5, 0.6) is 0 Å². The molecule has 1 N–H and O–H groups in total. The summed E-state index contributed by atoms with van der Waals surface area (Å²) in [5.41, 5.74) is -0.263. The number of rotatable bonds is 3. The molecular weight excluding hydrogens is 320 g/mol. The summed E-state index contributed by atoms with van der Waals surface area (Å²) in [7, 11) is -3.82. The molecule has 1 heterocycles. The predicted molar refractivity (Wildman–Crippen MR) is 76.7 cm³/mol.